The van der Waals surface area contributed by atoms with Gasteiger partial charge in [0.05, 0.1) is 0 Å². The Morgan fingerprint density at radius 2 is 0.862 bits per heavy atom. The van der Waals surface area contributed by atoms with Crippen LogP contribution in [0.1, 0.15) is 119 Å². The lowest BCUT2D eigenvalue weighted by molar-refractivity contribution is -0.156. The Balaban J connectivity index is 3.26. The maximum Gasteiger partial charge on any atom is 0.306 e. The van der Waals surface area contributed by atoms with Crippen molar-refractivity contribution in [2.45, 2.75) is 130 Å². The fourth-order valence-corrected chi connectivity index (χ4v) is 3.01. The van der Waals surface area contributed by atoms with Gasteiger partial charge in [0, 0.05) is 12.8 Å². The highest BCUT2D eigenvalue weighted by Crippen LogP contribution is 2.12. The van der Waals surface area contributed by atoms with Crippen LogP contribution in [0.15, 0.2) is 0 Å². The summed E-state index contributed by atoms with van der Waals surface area (Å²) in [4.78, 5) is 23.2. The molecule has 0 aliphatic carbocycles. The van der Waals surface area contributed by atoms with E-state index in [0.717, 1.165) is 38.8 Å². The molecule has 0 saturated carbocycles. The van der Waals surface area contributed by atoms with Gasteiger partial charge in [-0.15, -0.1) is 0 Å². The number of carbonyl (C=O) groups is 2. The Morgan fingerprint density at radius 3 is 1.21 bits per heavy atom. The standard InChI is InChI=1S/C24H47NO4/c1-23(2,3)28-21(26)17-13-9-7-11-15-19-25-20-16-12-8-10-14-18-22(27)29-24(4,5)6/h25H,7-20H2,1-6H3. The molecule has 0 fully saturated rings. The summed E-state index contributed by atoms with van der Waals surface area (Å²) in [5, 5.41) is 3.51. The van der Waals surface area contributed by atoms with E-state index in [1.807, 2.05) is 41.5 Å². The molecule has 0 aromatic heterocycles. The van der Waals surface area contributed by atoms with Crippen molar-refractivity contribution in [1.29, 1.82) is 0 Å². The Morgan fingerprint density at radius 1 is 0.552 bits per heavy atom. The van der Waals surface area contributed by atoms with E-state index >= 15 is 0 Å². The van der Waals surface area contributed by atoms with Crippen molar-refractivity contribution in [2.24, 2.45) is 0 Å². The summed E-state index contributed by atoms with van der Waals surface area (Å²) >= 11 is 0. The third-order valence-corrected chi connectivity index (χ3v) is 4.31. The van der Waals surface area contributed by atoms with Crippen molar-refractivity contribution in [3.63, 3.8) is 0 Å². The fourth-order valence-electron chi connectivity index (χ4n) is 3.01. The van der Waals surface area contributed by atoms with Gasteiger partial charge in [0.2, 0.25) is 0 Å². The van der Waals surface area contributed by atoms with E-state index in [9.17, 15) is 9.59 Å². The van der Waals surface area contributed by atoms with Gasteiger partial charge in [0.15, 0.2) is 0 Å². The minimum Gasteiger partial charge on any atom is -0.460 e. The first kappa shape index (κ1) is 27.9. The van der Waals surface area contributed by atoms with Gasteiger partial charge in [-0.05, 0) is 80.3 Å². The Kier molecular flexibility index (Phi) is 15.1. The zero-order valence-electron chi connectivity index (χ0n) is 20.0. The van der Waals surface area contributed by atoms with Gasteiger partial charge in [-0.2, -0.15) is 0 Å². The average molecular weight is 414 g/mol. The third-order valence-electron chi connectivity index (χ3n) is 4.31. The van der Waals surface area contributed by atoms with Crippen LogP contribution >= 0.6 is 0 Å². The van der Waals surface area contributed by atoms with E-state index in [4.69, 9.17) is 9.47 Å². The molecule has 0 atom stereocenters. The van der Waals surface area contributed by atoms with E-state index in [1.165, 1.54) is 38.5 Å². The smallest absolute Gasteiger partial charge is 0.306 e. The summed E-state index contributed by atoms with van der Waals surface area (Å²) in [7, 11) is 0. The van der Waals surface area contributed by atoms with Gasteiger partial charge in [-0.25, -0.2) is 0 Å². The molecule has 29 heavy (non-hydrogen) atoms. The molecule has 0 rings (SSSR count). The van der Waals surface area contributed by atoms with Crippen LogP contribution in [-0.4, -0.2) is 36.2 Å². The van der Waals surface area contributed by atoms with Gasteiger partial charge >= 0.3 is 11.9 Å². The second-order valence-corrected chi connectivity index (χ2v) is 9.96. The topological polar surface area (TPSA) is 64.6 Å². The number of unbranched alkanes of at least 4 members (excludes halogenated alkanes) is 8. The molecule has 0 aromatic rings. The second-order valence-electron chi connectivity index (χ2n) is 9.96. The van der Waals surface area contributed by atoms with Crippen molar-refractivity contribution in [1.82, 2.24) is 5.32 Å². The summed E-state index contributed by atoms with van der Waals surface area (Å²) < 4.78 is 10.6. The van der Waals surface area contributed by atoms with Crippen LogP contribution in [0.5, 0.6) is 0 Å². The van der Waals surface area contributed by atoms with Crippen LogP contribution in [-0.2, 0) is 19.1 Å². The first-order chi connectivity index (χ1) is 13.5. The van der Waals surface area contributed by atoms with Crippen molar-refractivity contribution in [3.05, 3.63) is 0 Å². The zero-order chi connectivity index (χ0) is 22.2. The number of carbonyl (C=O) groups excluding carboxylic acids is 2. The molecule has 0 heterocycles. The third kappa shape index (κ3) is 23.0. The molecule has 0 amide bonds. The SMILES string of the molecule is CC(C)(C)OC(=O)CCCCCCCNCCCCCCCC(=O)OC(C)(C)C. The van der Waals surface area contributed by atoms with E-state index in [0.29, 0.717) is 12.8 Å². The molecule has 0 aliphatic heterocycles. The van der Waals surface area contributed by atoms with Crippen LogP contribution < -0.4 is 5.32 Å². The lowest BCUT2D eigenvalue weighted by atomic mass is 10.1. The zero-order valence-corrected chi connectivity index (χ0v) is 20.0. The normalized spacial score (nSPS) is 12.1. The largest absolute Gasteiger partial charge is 0.460 e. The minimum atomic E-state index is -0.372. The summed E-state index contributed by atoms with van der Waals surface area (Å²) in [6, 6.07) is 0. The average Bonchev–Trinajstić information content (AvgIpc) is 2.55. The molecule has 5 heteroatoms. The van der Waals surface area contributed by atoms with Crippen LogP contribution in [0.4, 0.5) is 0 Å². The molecule has 0 unspecified atom stereocenters. The number of ether oxygens (including phenoxy) is 2. The first-order valence-electron chi connectivity index (χ1n) is 11.6. The lowest BCUT2D eigenvalue weighted by Gasteiger charge is -2.19. The fraction of sp³-hybridized carbons (Fsp3) is 0.917. The van der Waals surface area contributed by atoms with Crippen molar-refractivity contribution in [2.75, 3.05) is 13.1 Å². The Labute approximate surface area is 179 Å². The van der Waals surface area contributed by atoms with Gasteiger partial charge in [-0.1, -0.05) is 38.5 Å². The molecule has 172 valence electrons. The summed E-state index contributed by atoms with van der Waals surface area (Å²) in [6.07, 6.45) is 12.3. The van der Waals surface area contributed by atoms with Crippen LogP contribution in [0.25, 0.3) is 0 Å². The molecule has 0 aromatic carbocycles. The highest BCUT2D eigenvalue weighted by molar-refractivity contribution is 5.70. The molecule has 0 saturated heterocycles. The van der Waals surface area contributed by atoms with Crippen molar-refractivity contribution < 1.29 is 19.1 Å². The van der Waals surface area contributed by atoms with Gasteiger partial charge < -0.3 is 14.8 Å². The molecule has 0 aliphatic rings. The Hall–Kier alpha value is -1.10. The molecule has 0 radical (unpaired) electrons. The number of hydrogen-bond donors (Lipinski definition) is 1. The minimum absolute atomic E-state index is 0.0796. The van der Waals surface area contributed by atoms with E-state index in [1.54, 1.807) is 0 Å². The first-order valence-corrected chi connectivity index (χ1v) is 11.6. The second kappa shape index (κ2) is 15.7. The molecule has 0 spiro atoms. The molecule has 1 N–H and O–H groups in total. The highest BCUT2D eigenvalue weighted by Gasteiger charge is 2.16. The van der Waals surface area contributed by atoms with Crippen LogP contribution in [0.3, 0.4) is 0 Å². The maximum atomic E-state index is 11.6. The number of esters is 2. The van der Waals surface area contributed by atoms with E-state index < -0.39 is 0 Å². The van der Waals surface area contributed by atoms with E-state index in [-0.39, 0.29) is 23.1 Å². The number of rotatable bonds is 16. The van der Waals surface area contributed by atoms with Gasteiger partial charge in [-0.3, -0.25) is 9.59 Å². The van der Waals surface area contributed by atoms with Gasteiger partial charge in [0.1, 0.15) is 11.2 Å². The van der Waals surface area contributed by atoms with Crippen LogP contribution in [0, 0.1) is 0 Å². The molecular weight excluding hydrogens is 366 g/mol. The molecule has 0 bridgehead atoms. The van der Waals surface area contributed by atoms with Crippen molar-refractivity contribution >= 4 is 11.9 Å². The maximum absolute atomic E-state index is 11.6. The van der Waals surface area contributed by atoms with Gasteiger partial charge in [0.25, 0.3) is 0 Å². The number of hydrogen-bond acceptors (Lipinski definition) is 5. The van der Waals surface area contributed by atoms with Crippen molar-refractivity contribution in [3.8, 4) is 0 Å². The highest BCUT2D eigenvalue weighted by atomic mass is 16.6. The van der Waals surface area contributed by atoms with Crippen LogP contribution in [0.2, 0.25) is 0 Å². The Bertz CT molecular complexity index is 395. The lowest BCUT2D eigenvalue weighted by Crippen LogP contribution is -2.23. The predicted octanol–water partition coefficient (Wildman–Crippen LogP) is 5.94. The molecular formula is C24H47NO4. The predicted molar refractivity (Wildman–Crippen MR) is 120 cm³/mol. The molecule has 5 nitrogen and oxygen atoms in total. The summed E-state index contributed by atoms with van der Waals surface area (Å²) in [5.74, 6) is -0.159. The number of nitrogens with one attached hydrogen (secondary N) is 1. The quantitative estimate of drug-likeness (QED) is 0.250. The monoisotopic (exact) mass is 413 g/mol. The summed E-state index contributed by atoms with van der Waals surface area (Å²) in [6.45, 7) is 13.6. The van der Waals surface area contributed by atoms with E-state index in [2.05, 4.69) is 5.32 Å². The summed E-state index contributed by atoms with van der Waals surface area (Å²) in [5.41, 5.74) is -0.744.